The predicted molar refractivity (Wildman–Crippen MR) is 89.4 cm³/mol. The van der Waals surface area contributed by atoms with Crippen molar-refractivity contribution in [1.29, 1.82) is 0 Å². The Kier molecular flexibility index (Phi) is 5.57. The smallest absolute Gasteiger partial charge is 0.460 e. The number of ether oxygens (including phenoxy) is 3. The van der Waals surface area contributed by atoms with E-state index in [2.05, 4.69) is 4.74 Å². The minimum Gasteiger partial charge on any atom is -0.460 e. The van der Waals surface area contributed by atoms with E-state index in [1.54, 1.807) is 0 Å². The van der Waals surface area contributed by atoms with Gasteiger partial charge in [-0.2, -0.15) is 17.2 Å². The van der Waals surface area contributed by atoms with Crippen molar-refractivity contribution in [3.05, 3.63) is 0 Å². The van der Waals surface area contributed by atoms with Gasteiger partial charge in [-0.25, -0.2) is 4.79 Å². The molecule has 7 nitrogen and oxygen atoms in total. The monoisotopic (exact) mass is 412 g/mol. The van der Waals surface area contributed by atoms with Crippen LogP contribution in [0.1, 0.15) is 46.0 Å². The van der Waals surface area contributed by atoms with Crippen LogP contribution < -0.4 is 0 Å². The van der Waals surface area contributed by atoms with Crippen LogP contribution in [-0.4, -0.2) is 49.8 Å². The highest BCUT2D eigenvalue weighted by atomic mass is 32.2. The molecule has 0 aliphatic heterocycles. The first-order valence-electron chi connectivity index (χ1n) is 9.26. The Morgan fingerprint density at radius 3 is 2.37 bits per heavy atom. The average molecular weight is 412 g/mol. The Morgan fingerprint density at radius 2 is 1.85 bits per heavy atom. The van der Waals surface area contributed by atoms with Gasteiger partial charge in [0, 0.05) is 12.0 Å². The van der Waals surface area contributed by atoms with E-state index in [1.807, 2.05) is 13.8 Å². The summed E-state index contributed by atoms with van der Waals surface area (Å²) >= 11 is 0. The lowest BCUT2D eigenvalue weighted by Gasteiger charge is -2.59. The molecule has 1 N–H and O–H groups in total. The fraction of sp³-hybridized carbons (Fsp3) is 0.941. The summed E-state index contributed by atoms with van der Waals surface area (Å²) in [6.07, 6.45) is 3.79. The van der Waals surface area contributed by atoms with Crippen LogP contribution >= 0.6 is 0 Å². The number of rotatable bonds is 8. The zero-order valence-corrected chi connectivity index (χ0v) is 16.2. The maximum absolute atomic E-state index is 13.4. The van der Waals surface area contributed by atoms with Gasteiger partial charge in [-0.15, -0.1) is 0 Å². The molecule has 3 atom stereocenters. The Labute approximate surface area is 157 Å². The van der Waals surface area contributed by atoms with Gasteiger partial charge in [-0.3, -0.25) is 4.55 Å². The zero-order valence-electron chi connectivity index (χ0n) is 15.4. The van der Waals surface area contributed by atoms with Gasteiger partial charge < -0.3 is 14.2 Å². The largest absolute Gasteiger partial charge is 0.465 e. The maximum Gasteiger partial charge on any atom is 0.465 e. The van der Waals surface area contributed by atoms with Crippen LogP contribution in [0.5, 0.6) is 0 Å². The van der Waals surface area contributed by atoms with Crippen LogP contribution in [0.15, 0.2) is 0 Å². The third-order valence-corrected chi connectivity index (χ3v) is 6.95. The number of carbonyl (C=O) groups is 1. The van der Waals surface area contributed by atoms with E-state index in [0.29, 0.717) is 25.4 Å². The zero-order chi connectivity index (χ0) is 20.0. The molecule has 4 bridgehead atoms. The summed E-state index contributed by atoms with van der Waals surface area (Å²) < 4.78 is 73.0. The van der Waals surface area contributed by atoms with Gasteiger partial charge in [0.05, 0.1) is 12.7 Å². The molecule has 4 rings (SSSR count). The minimum absolute atomic E-state index is 0.0335. The van der Waals surface area contributed by atoms with Crippen molar-refractivity contribution in [1.82, 2.24) is 0 Å². The van der Waals surface area contributed by atoms with Gasteiger partial charge >= 0.3 is 21.3 Å². The first kappa shape index (κ1) is 20.9. The Morgan fingerprint density at radius 1 is 1.26 bits per heavy atom. The van der Waals surface area contributed by atoms with E-state index in [9.17, 15) is 22.0 Å². The van der Waals surface area contributed by atoms with E-state index in [0.717, 1.165) is 19.3 Å². The summed E-state index contributed by atoms with van der Waals surface area (Å²) in [4.78, 5) is 11.5. The van der Waals surface area contributed by atoms with Crippen molar-refractivity contribution in [2.24, 2.45) is 23.2 Å². The SMILES string of the molecule is CCOC(C)OC1C2CC3CC1CC(COC(=O)C(F)(F)S(=O)(=O)O)(C3)C2. The molecule has 10 heteroatoms. The van der Waals surface area contributed by atoms with E-state index >= 15 is 0 Å². The molecule has 4 fully saturated rings. The predicted octanol–water partition coefficient (Wildman–Crippen LogP) is 2.60. The topological polar surface area (TPSA) is 99.1 Å². The van der Waals surface area contributed by atoms with Gasteiger partial charge in [-0.1, -0.05) is 0 Å². The second-order valence-corrected chi connectivity index (χ2v) is 9.62. The van der Waals surface area contributed by atoms with Crippen molar-refractivity contribution < 1.29 is 40.8 Å². The molecule has 0 aromatic carbocycles. The molecule has 0 saturated heterocycles. The van der Waals surface area contributed by atoms with E-state index in [-0.39, 0.29) is 30.8 Å². The van der Waals surface area contributed by atoms with Gasteiger partial charge in [0.25, 0.3) is 0 Å². The number of carbonyl (C=O) groups excluding carboxylic acids is 1. The van der Waals surface area contributed by atoms with Crippen LogP contribution in [0.25, 0.3) is 0 Å². The van der Waals surface area contributed by atoms with Gasteiger partial charge in [-0.05, 0) is 63.7 Å². The van der Waals surface area contributed by atoms with Crippen LogP contribution in [0.3, 0.4) is 0 Å². The molecular weight excluding hydrogens is 386 g/mol. The van der Waals surface area contributed by atoms with Crippen LogP contribution in [0, 0.1) is 23.2 Å². The summed E-state index contributed by atoms with van der Waals surface area (Å²) in [5.74, 6) is -1.33. The molecule has 156 valence electrons. The van der Waals surface area contributed by atoms with Gasteiger partial charge in [0.15, 0.2) is 6.29 Å². The van der Waals surface area contributed by atoms with Crippen molar-refractivity contribution in [2.75, 3.05) is 13.2 Å². The average Bonchev–Trinajstić information content (AvgIpc) is 2.54. The minimum atomic E-state index is -5.85. The first-order chi connectivity index (χ1) is 12.5. The summed E-state index contributed by atoms with van der Waals surface area (Å²) in [7, 11) is -5.85. The Balaban J connectivity index is 1.65. The lowest BCUT2D eigenvalue weighted by atomic mass is 9.49. The molecule has 27 heavy (non-hydrogen) atoms. The molecule has 0 heterocycles. The number of alkyl halides is 2. The summed E-state index contributed by atoms with van der Waals surface area (Å²) in [6, 6.07) is 0. The third-order valence-electron chi connectivity index (χ3n) is 6.13. The fourth-order valence-electron chi connectivity index (χ4n) is 5.45. The van der Waals surface area contributed by atoms with Gasteiger partial charge in [0.2, 0.25) is 0 Å². The molecule has 0 aromatic rings. The van der Waals surface area contributed by atoms with Crippen molar-refractivity contribution in [2.45, 2.75) is 63.6 Å². The number of esters is 1. The van der Waals surface area contributed by atoms with Gasteiger partial charge in [0.1, 0.15) is 0 Å². The molecule has 0 aromatic heterocycles. The van der Waals surface area contributed by atoms with Crippen molar-refractivity contribution in [3.8, 4) is 0 Å². The Bertz CT molecular complexity index is 665. The third kappa shape index (κ3) is 3.99. The number of hydrogen-bond donors (Lipinski definition) is 1. The molecular formula is C17H26F2O7S. The summed E-state index contributed by atoms with van der Waals surface area (Å²) in [6.45, 7) is 4.02. The highest BCUT2D eigenvalue weighted by Crippen LogP contribution is 2.61. The Hall–Kier alpha value is -0.840. The highest BCUT2D eigenvalue weighted by molar-refractivity contribution is 7.87. The highest BCUT2D eigenvalue weighted by Gasteiger charge is 2.58. The van der Waals surface area contributed by atoms with Crippen LogP contribution in [0.4, 0.5) is 8.78 Å². The summed E-state index contributed by atoms with van der Waals surface area (Å²) in [5.41, 5.74) is -0.434. The second-order valence-electron chi connectivity index (χ2n) is 8.16. The molecule has 4 aliphatic carbocycles. The molecule has 4 aliphatic rings. The second kappa shape index (κ2) is 7.20. The van der Waals surface area contributed by atoms with Crippen LogP contribution in [0.2, 0.25) is 0 Å². The van der Waals surface area contributed by atoms with E-state index < -0.39 is 26.8 Å². The van der Waals surface area contributed by atoms with Crippen molar-refractivity contribution >= 4 is 16.1 Å². The van der Waals surface area contributed by atoms with Crippen LogP contribution in [-0.2, 0) is 29.1 Å². The molecule has 0 amide bonds. The quantitative estimate of drug-likeness (QED) is 0.372. The van der Waals surface area contributed by atoms with E-state index in [1.165, 1.54) is 0 Å². The number of halogens is 2. The molecule has 4 saturated carbocycles. The fourth-order valence-corrected chi connectivity index (χ4v) is 5.72. The lowest BCUT2D eigenvalue weighted by Crippen LogP contribution is -2.56. The molecule has 0 radical (unpaired) electrons. The number of hydrogen-bond acceptors (Lipinski definition) is 6. The molecule has 3 unspecified atom stereocenters. The maximum atomic E-state index is 13.4. The van der Waals surface area contributed by atoms with Crippen molar-refractivity contribution in [3.63, 3.8) is 0 Å². The lowest BCUT2D eigenvalue weighted by molar-refractivity contribution is -0.236. The molecule has 0 spiro atoms. The summed E-state index contributed by atoms with van der Waals surface area (Å²) in [5, 5.41) is -4.95. The van der Waals surface area contributed by atoms with E-state index in [4.69, 9.17) is 14.0 Å². The standard InChI is InChI=1S/C17H26F2O7S/c1-3-24-10(2)26-14-12-4-11-5-13(14)8-16(6-11,7-12)9-25-15(20)17(18,19)27(21,22)23/h10-14H,3-9H2,1-2H3,(H,21,22,23). The normalized spacial score (nSPS) is 36.6. The first-order valence-corrected chi connectivity index (χ1v) is 10.7.